The summed E-state index contributed by atoms with van der Waals surface area (Å²) in [6.45, 7) is 4.08. The molecule has 2 N–H and O–H groups in total. The summed E-state index contributed by atoms with van der Waals surface area (Å²) in [6.07, 6.45) is 2.43. The third kappa shape index (κ3) is 4.34. The van der Waals surface area contributed by atoms with Gasteiger partial charge in [-0.25, -0.2) is 4.39 Å². The van der Waals surface area contributed by atoms with Crippen molar-refractivity contribution in [1.82, 2.24) is 10.2 Å². The number of hydrogen-bond donors (Lipinski definition) is 2. The molecule has 0 aliphatic carbocycles. The van der Waals surface area contributed by atoms with Crippen molar-refractivity contribution < 1.29 is 13.9 Å². The van der Waals surface area contributed by atoms with Crippen molar-refractivity contribution in [3.05, 3.63) is 66.1 Å². The van der Waals surface area contributed by atoms with E-state index in [0.717, 1.165) is 12.0 Å². The lowest BCUT2D eigenvalue weighted by molar-refractivity contribution is -0.118. The van der Waals surface area contributed by atoms with Crippen molar-refractivity contribution in [3.63, 3.8) is 0 Å². The first-order valence-electron chi connectivity index (χ1n) is 8.90. The second kappa shape index (κ2) is 8.49. The van der Waals surface area contributed by atoms with Gasteiger partial charge in [-0.2, -0.15) is 5.10 Å². The lowest BCUT2D eigenvalue weighted by atomic mass is 9.98. The minimum atomic E-state index is -0.393. The number of carbonyl (C=O) groups excluding carboxylic acids is 1. The molecule has 0 bridgehead atoms. The van der Waals surface area contributed by atoms with E-state index >= 15 is 0 Å². The quantitative estimate of drug-likeness (QED) is 0.633. The zero-order valence-corrected chi connectivity index (χ0v) is 15.3. The monoisotopic (exact) mass is 367 g/mol. The lowest BCUT2D eigenvalue weighted by Crippen LogP contribution is -2.20. The number of ether oxygens (including phenoxy) is 1. The molecule has 0 saturated heterocycles. The van der Waals surface area contributed by atoms with Gasteiger partial charge in [0.2, 0.25) is 0 Å². The molecule has 0 fully saturated rings. The highest BCUT2D eigenvalue weighted by Gasteiger charge is 2.15. The highest BCUT2D eigenvalue weighted by molar-refractivity contribution is 5.95. The Kier molecular flexibility index (Phi) is 5.86. The molecule has 3 rings (SSSR count). The molecule has 0 spiro atoms. The lowest BCUT2D eigenvalue weighted by Gasteiger charge is -2.15. The standard InChI is InChI=1S/C21H22FN3O2/c1-3-14(2)15-8-5-7-11-19(15)27-13-20(26)24-18-12-23-25-21(18)16-9-4-6-10-17(16)22/h4-12,14H,3,13H2,1-2H3,(H,23,25)(H,24,26)/t14-/m1/s1. The normalized spacial score (nSPS) is 11.8. The molecule has 140 valence electrons. The number of rotatable bonds is 7. The number of amides is 1. The van der Waals surface area contributed by atoms with Crippen molar-refractivity contribution in [2.24, 2.45) is 0 Å². The van der Waals surface area contributed by atoms with Crippen molar-refractivity contribution >= 4 is 11.6 Å². The Hall–Kier alpha value is -3.15. The van der Waals surface area contributed by atoms with Crippen LogP contribution in [0.3, 0.4) is 0 Å². The molecular formula is C21H22FN3O2. The summed E-state index contributed by atoms with van der Waals surface area (Å²) < 4.78 is 19.7. The molecule has 0 aliphatic heterocycles. The molecule has 0 saturated carbocycles. The molecule has 1 atom stereocenters. The minimum Gasteiger partial charge on any atom is -0.483 e. The van der Waals surface area contributed by atoms with Gasteiger partial charge in [0.05, 0.1) is 17.6 Å². The van der Waals surface area contributed by atoms with Crippen LogP contribution in [0.2, 0.25) is 0 Å². The van der Waals surface area contributed by atoms with E-state index in [1.807, 2.05) is 24.3 Å². The summed E-state index contributed by atoms with van der Waals surface area (Å²) >= 11 is 0. The molecule has 2 aromatic carbocycles. The number of carbonyl (C=O) groups is 1. The predicted molar refractivity (Wildman–Crippen MR) is 103 cm³/mol. The van der Waals surface area contributed by atoms with E-state index in [2.05, 4.69) is 29.4 Å². The summed E-state index contributed by atoms with van der Waals surface area (Å²) in [5, 5.41) is 9.37. The van der Waals surface area contributed by atoms with Crippen molar-refractivity contribution in [2.45, 2.75) is 26.2 Å². The van der Waals surface area contributed by atoms with E-state index < -0.39 is 5.82 Å². The summed E-state index contributed by atoms with van der Waals surface area (Å²) in [5.41, 5.74) is 2.24. The number of aromatic nitrogens is 2. The maximum Gasteiger partial charge on any atom is 0.262 e. The Morgan fingerprint density at radius 1 is 1.22 bits per heavy atom. The van der Waals surface area contributed by atoms with Crippen LogP contribution < -0.4 is 10.1 Å². The van der Waals surface area contributed by atoms with Gasteiger partial charge in [-0.3, -0.25) is 9.89 Å². The largest absolute Gasteiger partial charge is 0.483 e. The van der Waals surface area contributed by atoms with Gasteiger partial charge in [0.15, 0.2) is 6.61 Å². The summed E-state index contributed by atoms with van der Waals surface area (Å²) in [5.74, 6) is 0.304. The molecular weight excluding hydrogens is 345 g/mol. The van der Waals surface area contributed by atoms with Crippen LogP contribution in [0.4, 0.5) is 10.1 Å². The Morgan fingerprint density at radius 2 is 1.96 bits per heavy atom. The number of para-hydroxylation sites is 1. The first-order chi connectivity index (χ1) is 13.1. The third-order valence-electron chi connectivity index (χ3n) is 4.48. The fraction of sp³-hybridized carbons (Fsp3) is 0.238. The fourth-order valence-electron chi connectivity index (χ4n) is 2.82. The Bertz CT molecular complexity index is 923. The van der Waals surface area contributed by atoms with Gasteiger partial charge in [-0.1, -0.05) is 44.2 Å². The van der Waals surface area contributed by atoms with E-state index in [-0.39, 0.29) is 12.5 Å². The van der Waals surface area contributed by atoms with Gasteiger partial charge >= 0.3 is 0 Å². The number of nitrogens with one attached hydrogen (secondary N) is 2. The van der Waals surface area contributed by atoms with E-state index in [1.165, 1.54) is 12.3 Å². The number of H-pyrrole nitrogens is 1. The average Bonchev–Trinajstić information content (AvgIpc) is 3.14. The van der Waals surface area contributed by atoms with E-state index in [1.54, 1.807) is 18.2 Å². The molecule has 5 nitrogen and oxygen atoms in total. The number of halogens is 1. The molecule has 0 unspecified atom stereocenters. The van der Waals surface area contributed by atoms with Gasteiger partial charge < -0.3 is 10.1 Å². The Labute approximate surface area is 157 Å². The predicted octanol–water partition coefficient (Wildman–Crippen LogP) is 4.75. The highest BCUT2D eigenvalue weighted by atomic mass is 19.1. The van der Waals surface area contributed by atoms with Gasteiger partial charge in [-0.05, 0) is 36.1 Å². The zero-order valence-electron chi connectivity index (χ0n) is 15.3. The zero-order chi connectivity index (χ0) is 19.2. The molecule has 6 heteroatoms. The van der Waals surface area contributed by atoms with Crippen LogP contribution in [-0.2, 0) is 4.79 Å². The summed E-state index contributed by atoms with van der Waals surface area (Å²) in [6, 6.07) is 14.0. The highest BCUT2D eigenvalue weighted by Crippen LogP contribution is 2.29. The molecule has 27 heavy (non-hydrogen) atoms. The molecule has 3 aromatic rings. The minimum absolute atomic E-state index is 0.144. The second-order valence-electron chi connectivity index (χ2n) is 6.32. The van der Waals surface area contributed by atoms with E-state index in [4.69, 9.17) is 4.74 Å². The van der Waals surface area contributed by atoms with Crippen LogP contribution in [0, 0.1) is 5.82 Å². The van der Waals surface area contributed by atoms with Crippen molar-refractivity contribution in [1.29, 1.82) is 0 Å². The van der Waals surface area contributed by atoms with Crippen molar-refractivity contribution in [3.8, 4) is 17.0 Å². The first-order valence-corrected chi connectivity index (χ1v) is 8.90. The van der Waals surface area contributed by atoms with Crippen LogP contribution >= 0.6 is 0 Å². The van der Waals surface area contributed by atoms with Gasteiger partial charge in [-0.15, -0.1) is 0 Å². The molecule has 1 heterocycles. The molecule has 0 radical (unpaired) electrons. The van der Waals surface area contributed by atoms with Crippen LogP contribution in [0.5, 0.6) is 5.75 Å². The van der Waals surface area contributed by atoms with Crippen LogP contribution in [0.15, 0.2) is 54.7 Å². The number of aromatic amines is 1. The summed E-state index contributed by atoms with van der Waals surface area (Å²) in [7, 11) is 0. The van der Waals surface area contributed by atoms with Gasteiger partial charge in [0.25, 0.3) is 5.91 Å². The number of nitrogens with zero attached hydrogens (tertiary/aromatic N) is 1. The maximum absolute atomic E-state index is 14.0. The second-order valence-corrected chi connectivity index (χ2v) is 6.32. The third-order valence-corrected chi connectivity index (χ3v) is 4.48. The SMILES string of the molecule is CC[C@@H](C)c1ccccc1OCC(=O)Nc1cn[nH]c1-c1ccccc1F. The molecule has 1 amide bonds. The topological polar surface area (TPSA) is 67.0 Å². The van der Waals surface area contributed by atoms with Crippen molar-refractivity contribution in [2.75, 3.05) is 11.9 Å². The van der Waals surface area contributed by atoms with Crippen LogP contribution in [0.1, 0.15) is 31.7 Å². The first kappa shape index (κ1) is 18.6. The molecule has 1 aromatic heterocycles. The Balaban J connectivity index is 1.69. The summed E-state index contributed by atoms with van der Waals surface area (Å²) in [4.78, 5) is 12.3. The fourth-order valence-corrected chi connectivity index (χ4v) is 2.82. The van der Waals surface area contributed by atoms with E-state index in [9.17, 15) is 9.18 Å². The Morgan fingerprint density at radius 3 is 2.74 bits per heavy atom. The number of hydrogen-bond acceptors (Lipinski definition) is 3. The molecule has 0 aliphatic rings. The smallest absolute Gasteiger partial charge is 0.262 e. The number of benzene rings is 2. The van der Waals surface area contributed by atoms with Gasteiger partial charge in [0, 0.05) is 5.56 Å². The maximum atomic E-state index is 14.0. The average molecular weight is 367 g/mol. The van der Waals surface area contributed by atoms with E-state index in [0.29, 0.717) is 28.6 Å². The van der Waals surface area contributed by atoms with Crippen LogP contribution in [-0.4, -0.2) is 22.7 Å². The van der Waals surface area contributed by atoms with Crippen LogP contribution in [0.25, 0.3) is 11.3 Å². The number of anilines is 1. The van der Waals surface area contributed by atoms with Gasteiger partial charge in [0.1, 0.15) is 11.6 Å².